The zero-order valence-corrected chi connectivity index (χ0v) is 11.2. The maximum Gasteiger partial charge on any atom is 0.0414 e. The number of hydrogen-bond donors (Lipinski definition) is 1. The zero-order chi connectivity index (χ0) is 11.4. The van der Waals surface area contributed by atoms with Crippen molar-refractivity contribution in [3.8, 4) is 0 Å². The third kappa shape index (κ3) is 2.86. The van der Waals surface area contributed by atoms with E-state index in [1.807, 2.05) is 11.3 Å². The predicted octanol–water partition coefficient (Wildman–Crippen LogP) is 4.37. The van der Waals surface area contributed by atoms with Crippen LogP contribution < -0.4 is 5.32 Å². The Hall–Kier alpha value is -0.340. The molecule has 1 nitrogen and oxygen atoms in total. The summed E-state index contributed by atoms with van der Waals surface area (Å²) in [5.74, 6) is 0.850. The van der Waals surface area contributed by atoms with Gasteiger partial charge in [-0.25, -0.2) is 0 Å². The number of hydrogen-bond acceptors (Lipinski definition) is 2. The summed E-state index contributed by atoms with van der Waals surface area (Å²) in [6.45, 7) is 4.68. The summed E-state index contributed by atoms with van der Waals surface area (Å²) in [5.41, 5.74) is 0. The lowest BCUT2D eigenvalue weighted by Crippen LogP contribution is -2.39. The van der Waals surface area contributed by atoms with E-state index in [1.165, 1.54) is 37.0 Å². The topological polar surface area (TPSA) is 12.0 Å². The Balaban J connectivity index is 1.95. The van der Waals surface area contributed by atoms with E-state index < -0.39 is 0 Å². The van der Waals surface area contributed by atoms with E-state index in [1.54, 1.807) is 0 Å². The molecule has 0 spiro atoms. The van der Waals surface area contributed by atoms with Crippen LogP contribution in [0.3, 0.4) is 0 Å². The molecule has 1 fully saturated rings. The lowest BCUT2D eigenvalue weighted by atomic mass is 9.85. The van der Waals surface area contributed by atoms with Crippen molar-refractivity contribution in [2.75, 3.05) is 0 Å². The van der Waals surface area contributed by atoms with Crippen LogP contribution >= 0.6 is 11.3 Å². The van der Waals surface area contributed by atoms with Crippen molar-refractivity contribution in [3.05, 3.63) is 22.4 Å². The Morgan fingerprint density at radius 1 is 1.44 bits per heavy atom. The van der Waals surface area contributed by atoms with Gasteiger partial charge in [0.25, 0.3) is 0 Å². The Labute approximate surface area is 103 Å². The Morgan fingerprint density at radius 3 is 2.88 bits per heavy atom. The number of rotatable bonds is 4. The highest BCUT2D eigenvalue weighted by atomic mass is 32.1. The second-order valence-corrected chi connectivity index (χ2v) is 5.99. The van der Waals surface area contributed by atoms with Crippen LogP contribution in [-0.4, -0.2) is 6.04 Å². The molecule has 90 valence electrons. The van der Waals surface area contributed by atoms with Crippen LogP contribution in [0.1, 0.15) is 56.9 Å². The SMILES string of the molecule is CCC(NC1CCCCC1C)c1cccs1. The van der Waals surface area contributed by atoms with Gasteiger partial charge >= 0.3 is 0 Å². The smallest absolute Gasteiger partial charge is 0.0414 e. The molecule has 0 saturated heterocycles. The Morgan fingerprint density at radius 2 is 2.25 bits per heavy atom. The van der Waals surface area contributed by atoms with E-state index in [0.29, 0.717) is 6.04 Å². The molecule has 0 aromatic carbocycles. The van der Waals surface area contributed by atoms with Gasteiger partial charge < -0.3 is 5.32 Å². The monoisotopic (exact) mass is 237 g/mol. The molecule has 3 unspecified atom stereocenters. The van der Waals surface area contributed by atoms with Crippen LogP contribution in [0.15, 0.2) is 17.5 Å². The highest BCUT2D eigenvalue weighted by molar-refractivity contribution is 7.10. The molecule has 1 aliphatic carbocycles. The largest absolute Gasteiger partial charge is 0.306 e. The van der Waals surface area contributed by atoms with Gasteiger partial charge in [0.05, 0.1) is 0 Å². The molecule has 1 saturated carbocycles. The van der Waals surface area contributed by atoms with Gasteiger partial charge in [0, 0.05) is 17.0 Å². The first-order valence-electron chi connectivity index (χ1n) is 6.60. The predicted molar refractivity (Wildman–Crippen MR) is 71.9 cm³/mol. The maximum atomic E-state index is 3.87. The number of nitrogens with one attached hydrogen (secondary N) is 1. The minimum Gasteiger partial charge on any atom is -0.306 e. The molecule has 2 heteroatoms. The first kappa shape index (κ1) is 12.1. The van der Waals surface area contributed by atoms with Crippen molar-refractivity contribution in [3.63, 3.8) is 0 Å². The summed E-state index contributed by atoms with van der Waals surface area (Å²) in [6, 6.07) is 5.74. The summed E-state index contributed by atoms with van der Waals surface area (Å²) in [5, 5.41) is 6.05. The van der Waals surface area contributed by atoms with Gasteiger partial charge in [-0.15, -0.1) is 11.3 Å². The molecule has 0 bridgehead atoms. The van der Waals surface area contributed by atoms with Crippen LogP contribution in [0.2, 0.25) is 0 Å². The summed E-state index contributed by atoms with van der Waals surface area (Å²) < 4.78 is 0. The number of thiophene rings is 1. The lowest BCUT2D eigenvalue weighted by molar-refractivity contribution is 0.257. The third-order valence-electron chi connectivity index (χ3n) is 3.82. The molecule has 0 radical (unpaired) electrons. The molecule has 1 aromatic rings. The summed E-state index contributed by atoms with van der Waals surface area (Å²) >= 11 is 1.88. The van der Waals surface area contributed by atoms with E-state index in [9.17, 15) is 0 Å². The standard InChI is InChI=1S/C14H23NS/c1-3-12(14-9-6-10-16-14)15-13-8-5-4-7-11(13)2/h6,9-13,15H,3-5,7-8H2,1-2H3. The van der Waals surface area contributed by atoms with Crippen LogP contribution in [0.4, 0.5) is 0 Å². The molecule has 0 aliphatic heterocycles. The fourth-order valence-corrected chi connectivity index (χ4v) is 3.58. The van der Waals surface area contributed by atoms with Gasteiger partial charge in [-0.3, -0.25) is 0 Å². The van der Waals surface area contributed by atoms with Crippen molar-refractivity contribution in [2.24, 2.45) is 5.92 Å². The van der Waals surface area contributed by atoms with Gasteiger partial charge in [0.15, 0.2) is 0 Å². The summed E-state index contributed by atoms with van der Waals surface area (Å²) in [4.78, 5) is 1.50. The molecule has 16 heavy (non-hydrogen) atoms. The van der Waals surface area contributed by atoms with Crippen LogP contribution in [0, 0.1) is 5.92 Å². The average molecular weight is 237 g/mol. The van der Waals surface area contributed by atoms with Crippen molar-refractivity contribution in [1.82, 2.24) is 5.32 Å². The molecular formula is C14H23NS. The summed E-state index contributed by atoms with van der Waals surface area (Å²) in [7, 11) is 0. The van der Waals surface area contributed by atoms with Crippen molar-refractivity contribution in [1.29, 1.82) is 0 Å². The van der Waals surface area contributed by atoms with E-state index in [-0.39, 0.29) is 0 Å². The minimum absolute atomic E-state index is 0.575. The fraction of sp³-hybridized carbons (Fsp3) is 0.714. The summed E-state index contributed by atoms with van der Waals surface area (Å²) in [6.07, 6.45) is 6.79. The quantitative estimate of drug-likeness (QED) is 0.820. The van der Waals surface area contributed by atoms with Crippen molar-refractivity contribution >= 4 is 11.3 Å². The Kier molecular flexibility index (Phi) is 4.42. The van der Waals surface area contributed by atoms with Crippen LogP contribution in [-0.2, 0) is 0 Å². The van der Waals surface area contributed by atoms with Crippen molar-refractivity contribution in [2.45, 2.75) is 58.0 Å². The molecule has 1 heterocycles. The first-order valence-corrected chi connectivity index (χ1v) is 7.48. The normalized spacial score (nSPS) is 27.9. The second kappa shape index (κ2) is 5.83. The maximum absolute atomic E-state index is 3.87. The van der Waals surface area contributed by atoms with Crippen LogP contribution in [0.5, 0.6) is 0 Å². The second-order valence-electron chi connectivity index (χ2n) is 5.01. The first-order chi connectivity index (χ1) is 7.81. The molecule has 1 aromatic heterocycles. The molecular weight excluding hydrogens is 214 g/mol. The van der Waals surface area contributed by atoms with Gasteiger partial charge in [-0.2, -0.15) is 0 Å². The molecule has 1 aliphatic rings. The van der Waals surface area contributed by atoms with E-state index in [2.05, 4.69) is 36.7 Å². The van der Waals surface area contributed by atoms with Gasteiger partial charge in [-0.1, -0.05) is 32.8 Å². The molecule has 0 amide bonds. The van der Waals surface area contributed by atoms with E-state index in [4.69, 9.17) is 0 Å². The third-order valence-corrected chi connectivity index (χ3v) is 4.81. The average Bonchev–Trinajstić information content (AvgIpc) is 2.81. The Bertz CT molecular complexity index is 294. The molecule has 3 atom stereocenters. The van der Waals surface area contributed by atoms with Gasteiger partial charge in [0.1, 0.15) is 0 Å². The van der Waals surface area contributed by atoms with Gasteiger partial charge in [-0.05, 0) is 36.6 Å². The highest BCUT2D eigenvalue weighted by Gasteiger charge is 2.23. The lowest BCUT2D eigenvalue weighted by Gasteiger charge is -2.32. The van der Waals surface area contributed by atoms with E-state index >= 15 is 0 Å². The minimum atomic E-state index is 0.575. The van der Waals surface area contributed by atoms with E-state index in [0.717, 1.165) is 12.0 Å². The van der Waals surface area contributed by atoms with Crippen LogP contribution in [0.25, 0.3) is 0 Å². The van der Waals surface area contributed by atoms with Gasteiger partial charge in [0.2, 0.25) is 0 Å². The zero-order valence-electron chi connectivity index (χ0n) is 10.4. The fourth-order valence-electron chi connectivity index (χ4n) is 2.71. The van der Waals surface area contributed by atoms with Crippen molar-refractivity contribution < 1.29 is 0 Å². The molecule has 1 N–H and O–H groups in total. The highest BCUT2D eigenvalue weighted by Crippen LogP contribution is 2.28. The molecule has 2 rings (SSSR count).